The van der Waals surface area contributed by atoms with Crippen LogP contribution in [0.5, 0.6) is 5.75 Å². The number of halogens is 1. The highest BCUT2D eigenvalue weighted by Gasteiger charge is 2.35. The number of nitrogens with one attached hydrogen (secondary N) is 2. The Labute approximate surface area is 196 Å². The largest absolute Gasteiger partial charge is 0.495 e. The fraction of sp³-hybridized carbons (Fsp3) is 0.160. The van der Waals surface area contributed by atoms with Crippen molar-refractivity contribution in [2.24, 2.45) is 5.92 Å². The number of carbonyl (C=O) groups excluding carboxylic acids is 3. The molecule has 0 aromatic heterocycles. The van der Waals surface area contributed by atoms with Crippen molar-refractivity contribution >= 4 is 46.4 Å². The van der Waals surface area contributed by atoms with Gasteiger partial charge in [0.25, 0.3) is 5.91 Å². The van der Waals surface area contributed by atoms with Crippen molar-refractivity contribution in [1.29, 1.82) is 0 Å². The predicted molar refractivity (Wildman–Crippen MR) is 128 cm³/mol. The van der Waals surface area contributed by atoms with Crippen molar-refractivity contribution in [2.45, 2.75) is 6.42 Å². The van der Waals surface area contributed by atoms with E-state index in [0.29, 0.717) is 33.4 Å². The van der Waals surface area contributed by atoms with Crippen molar-refractivity contribution in [1.82, 2.24) is 0 Å². The SMILES string of the molecule is COc1ccccc1NC(=O)c1ccccc1NC(=O)C1CC(=O)N(c2ccc(Cl)cc2)C1. The van der Waals surface area contributed by atoms with E-state index in [9.17, 15) is 14.4 Å². The van der Waals surface area contributed by atoms with Crippen LogP contribution < -0.4 is 20.3 Å². The Morgan fingerprint density at radius 1 is 0.939 bits per heavy atom. The van der Waals surface area contributed by atoms with Gasteiger partial charge < -0.3 is 20.3 Å². The normalized spacial score (nSPS) is 15.3. The molecule has 0 spiro atoms. The van der Waals surface area contributed by atoms with E-state index >= 15 is 0 Å². The molecule has 0 aliphatic carbocycles. The maximum absolute atomic E-state index is 13.0. The molecular formula is C25H22ClN3O4. The molecule has 1 atom stereocenters. The Balaban J connectivity index is 1.47. The van der Waals surface area contributed by atoms with Crippen molar-refractivity contribution in [3.63, 3.8) is 0 Å². The predicted octanol–water partition coefficient (Wildman–Crippen LogP) is 4.59. The number of hydrogen-bond acceptors (Lipinski definition) is 4. The van der Waals surface area contributed by atoms with Crippen LogP contribution in [0.15, 0.2) is 72.8 Å². The van der Waals surface area contributed by atoms with Gasteiger partial charge in [-0.1, -0.05) is 35.9 Å². The van der Waals surface area contributed by atoms with Gasteiger partial charge in [0.2, 0.25) is 11.8 Å². The smallest absolute Gasteiger partial charge is 0.257 e. The summed E-state index contributed by atoms with van der Waals surface area (Å²) >= 11 is 5.93. The molecule has 1 aliphatic heterocycles. The van der Waals surface area contributed by atoms with Gasteiger partial charge in [0.1, 0.15) is 5.75 Å². The molecule has 3 aromatic rings. The van der Waals surface area contributed by atoms with E-state index in [1.165, 1.54) is 7.11 Å². The number of rotatable bonds is 6. The van der Waals surface area contributed by atoms with E-state index in [1.807, 2.05) is 0 Å². The van der Waals surface area contributed by atoms with Crippen molar-refractivity contribution < 1.29 is 19.1 Å². The zero-order valence-corrected chi connectivity index (χ0v) is 18.6. The molecule has 0 radical (unpaired) electrons. The summed E-state index contributed by atoms with van der Waals surface area (Å²) in [6.07, 6.45) is 0.0873. The van der Waals surface area contributed by atoms with E-state index in [4.69, 9.17) is 16.3 Å². The minimum Gasteiger partial charge on any atom is -0.495 e. The lowest BCUT2D eigenvalue weighted by Gasteiger charge is -2.17. The molecule has 1 unspecified atom stereocenters. The Morgan fingerprint density at radius 2 is 1.61 bits per heavy atom. The summed E-state index contributed by atoms with van der Waals surface area (Å²) in [6.45, 7) is 0.252. The quantitative estimate of drug-likeness (QED) is 0.559. The summed E-state index contributed by atoms with van der Waals surface area (Å²) in [4.78, 5) is 40.0. The minimum atomic E-state index is -0.543. The first kappa shape index (κ1) is 22.4. The van der Waals surface area contributed by atoms with Gasteiger partial charge in [-0.2, -0.15) is 0 Å². The zero-order valence-electron chi connectivity index (χ0n) is 17.9. The molecule has 1 aliphatic rings. The van der Waals surface area contributed by atoms with Crippen molar-refractivity contribution in [3.8, 4) is 5.75 Å². The average Bonchev–Trinajstić information content (AvgIpc) is 3.22. The van der Waals surface area contributed by atoms with Gasteiger partial charge in [-0.05, 0) is 48.5 Å². The summed E-state index contributed by atoms with van der Waals surface area (Å²) in [7, 11) is 1.52. The molecular weight excluding hydrogens is 442 g/mol. The minimum absolute atomic E-state index is 0.0873. The summed E-state index contributed by atoms with van der Waals surface area (Å²) in [5.74, 6) is -0.865. The first-order chi connectivity index (χ1) is 16.0. The van der Waals surface area contributed by atoms with E-state index in [0.717, 1.165) is 0 Å². The molecule has 168 valence electrons. The van der Waals surface area contributed by atoms with Crippen molar-refractivity contribution in [3.05, 3.63) is 83.4 Å². The number of nitrogens with zero attached hydrogens (tertiary/aromatic N) is 1. The van der Waals surface area contributed by atoms with Gasteiger partial charge in [-0.3, -0.25) is 14.4 Å². The number of hydrogen-bond donors (Lipinski definition) is 2. The number of carbonyl (C=O) groups is 3. The van der Waals surface area contributed by atoms with Gasteiger partial charge in [-0.25, -0.2) is 0 Å². The van der Waals surface area contributed by atoms with Crippen LogP contribution in [0.25, 0.3) is 0 Å². The third-order valence-corrected chi connectivity index (χ3v) is 5.67. The second kappa shape index (κ2) is 9.75. The molecule has 0 saturated carbocycles. The molecule has 33 heavy (non-hydrogen) atoms. The van der Waals surface area contributed by atoms with Crippen LogP contribution in [0.4, 0.5) is 17.1 Å². The van der Waals surface area contributed by atoms with Crippen LogP contribution in [-0.4, -0.2) is 31.4 Å². The zero-order chi connectivity index (χ0) is 23.4. The highest BCUT2D eigenvalue weighted by Crippen LogP contribution is 2.28. The summed E-state index contributed by atoms with van der Waals surface area (Å²) in [6, 6.07) is 20.7. The lowest BCUT2D eigenvalue weighted by molar-refractivity contribution is -0.122. The van der Waals surface area contributed by atoms with Crippen LogP contribution in [0, 0.1) is 5.92 Å². The molecule has 4 rings (SSSR count). The number of anilines is 3. The lowest BCUT2D eigenvalue weighted by atomic mass is 10.1. The number of methoxy groups -OCH3 is 1. The molecule has 0 bridgehead atoms. The fourth-order valence-corrected chi connectivity index (χ4v) is 3.84. The third-order valence-electron chi connectivity index (χ3n) is 5.42. The number of ether oxygens (including phenoxy) is 1. The number of benzene rings is 3. The van der Waals surface area contributed by atoms with Crippen LogP contribution in [-0.2, 0) is 9.59 Å². The van der Waals surface area contributed by atoms with E-state index < -0.39 is 5.92 Å². The maximum atomic E-state index is 13.0. The summed E-state index contributed by atoms with van der Waals surface area (Å²) in [5.41, 5.74) is 1.88. The van der Waals surface area contributed by atoms with Gasteiger partial charge in [0, 0.05) is 23.7 Å². The molecule has 1 fully saturated rings. The highest BCUT2D eigenvalue weighted by molar-refractivity contribution is 6.30. The highest BCUT2D eigenvalue weighted by atomic mass is 35.5. The third kappa shape index (κ3) is 4.99. The van der Waals surface area contributed by atoms with E-state index in [1.54, 1.807) is 77.7 Å². The van der Waals surface area contributed by atoms with Crippen LogP contribution in [0.3, 0.4) is 0 Å². The molecule has 8 heteroatoms. The van der Waals surface area contributed by atoms with Gasteiger partial charge in [-0.15, -0.1) is 0 Å². The van der Waals surface area contributed by atoms with Gasteiger partial charge in [0.15, 0.2) is 0 Å². The van der Waals surface area contributed by atoms with E-state index in [2.05, 4.69) is 10.6 Å². The standard InChI is InChI=1S/C25H22ClN3O4/c1-33-22-9-5-4-8-21(22)28-25(32)19-6-2-3-7-20(19)27-24(31)16-14-23(30)29(15-16)18-12-10-17(26)11-13-18/h2-13,16H,14-15H2,1H3,(H,27,31)(H,28,32). The molecule has 3 amide bonds. The Bertz CT molecular complexity index is 1200. The molecule has 2 N–H and O–H groups in total. The Morgan fingerprint density at radius 3 is 2.33 bits per heavy atom. The van der Waals surface area contributed by atoms with Crippen LogP contribution in [0.1, 0.15) is 16.8 Å². The molecule has 1 heterocycles. The number of para-hydroxylation sites is 3. The van der Waals surface area contributed by atoms with Crippen LogP contribution in [0.2, 0.25) is 5.02 Å². The Hall–Kier alpha value is -3.84. The summed E-state index contributed by atoms with van der Waals surface area (Å²) in [5, 5.41) is 6.20. The van der Waals surface area contributed by atoms with Gasteiger partial charge in [0.05, 0.1) is 30.0 Å². The second-order valence-corrected chi connectivity index (χ2v) is 8.01. The molecule has 3 aromatic carbocycles. The molecule has 7 nitrogen and oxygen atoms in total. The first-order valence-corrected chi connectivity index (χ1v) is 10.7. The van der Waals surface area contributed by atoms with E-state index in [-0.39, 0.29) is 30.7 Å². The average molecular weight is 464 g/mol. The first-order valence-electron chi connectivity index (χ1n) is 10.4. The maximum Gasteiger partial charge on any atom is 0.257 e. The summed E-state index contributed by atoms with van der Waals surface area (Å²) < 4.78 is 5.28. The van der Waals surface area contributed by atoms with Crippen molar-refractivity contribution in [2.75, 3.05) is 29.2 Å². The lowest BCUT2D eigenvalue weighted by Crippen LogP contribution is -2.28. The number of amides is 3. The topological polar surface area (TPSA) is 87.7 Å². The monoisotopic (exact) mass is 463 g/mol. The molecule has 1 saturated heterocycles. The van der Waals surface area contributed by atoms with Crippen LogP contribution >= 0.6 is 11.6 Å². The van der Waals surface area contributed by atoms with Gasteiger partial charge >= 0.3 is 0 Å². The Kier molecular flexibility index (Phi) is 6.60. The fourth-order valence-electron chi connectivity index (χ4n) is 3.72. The second-order valence-electron chi connectivity index (χ2n) is 7.57.